The van der Waals surface area contributed by atoms with Gasteiger partial charge in [0.15, 0.2) is 0 Å². The number of hydrogen-bond acceptors (Lipinski definition) is 4. The number of benzene rings is 2. The molecule has 1 heterocycles. The van der Waals surface area contributed by atoms with Crippen molar-refractivity contribution in [1.29, 1.82) is 0 Å². The van der Waals surface area contributed by atoms with Gasteiger partial charge in [-0.2, -0.15) is 0 Å². The molecule has 2 aliphatic rings. The van der Waals surface area contributed by atoms with E-state index in [1.807, 2.05) is 24.1 Å². The van der Waals surface area contributed by atoms with Gasteiger partial charge in [-0.1, -0.05) is 30.3 Å². The lowest BCUT2D eigenvalue weighted by Gasteiger charge is -2.33. The minimum Gasteiger partial charge on any atom is -0.378 e. The Morgan fingerprint density at radius 2 is 1.86 bits per heavy atom. The monoisotopic (exact) mass is 397 g/mol. The van der Waals surface area contributed by atoms with E-state index in [0.717, 1.165) is 44.7 Å². The molecule has 5 nitrogen and oxygen atoms in total. The lowest BCUT2D eigenvalue weighted by molar-refractivity contribution is -0.126. The van der Waals surface area contributed by atoms with Crippen molar-refractivity contribution >= 4 is 11.6 Å². The Labute approximate surface area is 171 Å². The van der Waals surface area contributed by atoms with Crippen LogP contribution in [0.1, 0.15) is 30.0 Å². The first-order valence-electron chi connectivity index (χ1n) is 10.3. The van der Waals surface area contributed by atoms with Crippen LogP contribution in [0.3, 0.4) is 0 Å². The number of halogens is 1. The molecule has 1 aliphatic heterocycles. The maximum Gasteiger partial charge on any atom is 0.242 e. The summed E-state index contributed by atoms with van der Waals surface area (Å²) in [4.78, 5) is 17.4. The van der Waals surface area contributed by atoms with Gasteiger partial charge in [-0.15, -0.1) is 0 Å². The van der Waals surface area contributed by atoms with Gasteiger partial charge in [0.05, 0.1) is 13.2 Å². The zero-order valence-electron chi connectivity index (χ0n) is 16.8. The molecule has 0 aromatic heterocycles. The number of anilines is 1. The molecule has 1 saturated heterocycles. The normalized spacial score (nSPS) is 18.0. The van der Waals surface area contributed by atoms with Crippen LogP contribution in [0.15, 0.2) is 48.5 Å². The third kappa shape index (κ3) is 4.95. The fourth-order valence-corrected chi connectivity index (χ4v) is 3.88. The molecule has 154 valence electrons. The Morgan fingerprint density at radius 1 is 1.17 bits per heavy atom. The number of morpholine rings is 1. The molecule has 0 radical (unpaired) electrons. The predicted octanol–water partition coefficient (Wildman–Crippen LogP) is 3.11. The number of carbonyl (C=O) groups is 1. The first-order valence-corrected chi connectivity index (χ1v) is 10.3. The number of amides is 1. The van der Waals surface area contributed by atoms with Crippen molar-refractivity contribution in [2.24, 2.45) is 0 Å². The van der Waals surface area contributed by atoms with Crippen molar-refractivity contribution in [3.8, 4) is 0 Å². The number of nitrogens with zero attached hydrogens (tertiary/aromatic N) is 2. The van der Waals surface area contributed by atoms with Gasteiger partial charge < -0.3 is 15.0 Å². The summed E-state index contributed by atoms with van der Waals surface area (Å²) in [6.07, 6.45) is 2.07. The summed E-state index contributed by atoms with van der Waals surface area (Å²) < 4.78 is 18.9. The molecule has 2 aromatic carbocycles. The Balaban J connectivity index is 1.57. The van der Waals surface area contributed by atoms with E-state index in [0.29, 0.717) is 6.54 Å². The largest absolute Gasteiger partial charge is 0.378 e. The SMILES string of the molecule is CN(Cc1ccccc1N1CCOCC1)C(C(=O)NC1CC1)c1ccc(F)cc1. The highest BCUT2D eigenvalue weighted by Crippen LogP contribution is 2.28. The van der Waals surface area contributed by atoms with E-state index in [-0.39, 0.29) is 17.8 Å². The van der Waals surface area contributed by atoms with Crippen LogP contribution in [0.2, 0.25) is 0 Å². The predicted molar refractivity (Wildman–Crippen MR) is 111 cm³/mol. The molecule has 2 fully saturated rings. The third-order valence-corrected chi connectivity index (χ3v) is 5.56. The Morgan fingerprint density at radius 3 is 2.55 bits per heavy atom. The molecule has 0 spiro atoms. The molecule has 1 aliphatic carbocycles. The molecule has 1 N–H and O–H groups in total. The maximum atomic E-state index is 13.4. The van der Waals surface area contributed by atoms with Gasteiger partial charge in [0.2, 0.25) is 5.91 Å². The van der Waals surface area contributed by atoms with Gasteiger partial charge in [-0.05, 0) is 49.2 Å². The highest BCUT2D eigenvalue weighted by molar-refractivity contribution is 5.83. The van der Waals surface area contributed by atoms with Crippen LogP contribution < -0.4 is 10.2 Å². The second kappa shape index (κ2) is 8.93. The van der Waals surface area contributed by atoms with E-state index in [1.54, 1.807) is 12.1 Å². The van der Waals surface area contributed by atoms with E-state index >= 15 is 0 Å². The smallest absolute Gasteiger partial charge is 0.242 e. The highest BCUT2D eigenvalue weighted by atomic mass is 19.1. The lowest BCUT2D eigenvalue weighted by Crippen LogP contribution is -2.40. The van der Waals surface area contributed by atoms with Crippen molar-refractivity contribution in [3.63, 3.8) is 0 Å². The fraction of sp³-hybridized carbons (Fsp3) is 0.435. The van der Waals surface area contributed by atoms with Gasteiger partial charge >= 0.3 is 0 Å². The molecular weight excluding hydrogens is 369 g/mol. The lowest BCUT2D eigenvalue weighted by atomic mass is 10.0. The van der Waals surface area contributed by atoms with Gasteiger partial charge in [-0.3, -0.25) is 9.69 Å². The highest BCUT2D eigenvalue weighted by Gasteiger charge is 2.31. The standard InChI is InChI=1S/C23H28FN3O2/c1-26(16-18-4-2-3-5-21(18)27-12-14-29-15-13-27)22(23(28)25-20-10-11-20)17-6-8-19(24)9-7-17/h2-9,20,22H,10-16H2,1H3,(H,25,28). The van der Waals surface area contributed by atoms with Crippen molar-refractivity contribution in [1.82, 2.24) is 10.2 Å². The molecule has 4 rings (SSSR count). The molecular formula is C23H28FN3O2. The van der Waals surface area contributed by atoms with Crippen LogP contribution >= 0.6 is 0 Å². The van der Waals surface area contributed by atoms with Crippen LogP contribution in [-0.4, -0.2) is 50.2 Å². The van der Waals surface area contributed by atoms with Crippen molar-refractivity contribution in [3.05, 3.63) is 65.5 Å². The number of likely N-dealkylation sites (N-methyl/N-ethyl adjacent to an activating group) is 1. The molecule has 1 amide bonds. The van der Waals surface area contributed by atoms with Gasteiger partial charge in [0, 0.05) is 31.4 Å². The summed E-state index contributed by atoms with van der Waals surface area (Å²) in [5.41, 5.74) is 3.15. The number of hydrogen-bond donors (Lipinski definition) is 1. The second-order valence-electron chi connectivity index (χ2n) is 7.88. The maximum absolute atomic E-state index is 13.4. The van der Waals surface area contributed by atoms with Crippen molar-refractivity contribution in [2.75, 3.05) is 38.3 Å². The number of nitrogens with one attached hydrogen (secondary N) is 1. The van der Waals surface area contributed by atoms with E-state index in [4.69, 9.17) is 4.74 Å². The number of rotatable bonds is 7. The zero-order chi connectivity index (χ0) is 20.2. The Bertz CT molecular complexity index is 832. The average molecular weight is 397 g/mol. The summed E-state index contributed by atoms with van der Waals surface area (Å²) in [6.45, 7) is 3.81. The number of ether oxygens (including phenoxy) is 1. The minimum absolute atomic E-state index is 0.0227. The second-order valence-corrected chi connectivity index (χ2v) is 7.88. The zero-order valence-corrected chi connectivity index (χ0v) is 16.8. The van der Waals surface area contributed by atoms with E-state index in [1.165, 1.54) is 23.4 Å². The first-order chi connectivity index (χ1) is 14.1. The van der Waals surface area contributed by atoms with Gasteiger partial charge in [0.1, 0.15) is 11.9 Å². The van der Waals surface area contributed by atoms with E-state index in [2.05, 4.69) is 22.3 Å². The quantitative estimate of drug-likeness (QED) is 0.780. The van der Waals surface area contributed by atoms with Crippen LogP contribution in [0.25, 0.3) is 0 Å². The minimum atomic E-state index is -0.464. The van der Waals surface area contributed by atoms with Crippen molar-refractivity contribution in [2.45, 2.75) is 31.5 Å². The van der Waals surface area contributed by atoms with E-state index in [9.17, 15) is 9.18 Å². The number of para-hydroxylation sites is 1. The van der Waals surface area contributed by atoms with Crippen LogP contribution in [0, 0.1) is 5.82 Å². The van der Waals surface area contributed by atoms with Crippen molar-refractivity contribution < 1.29 is 13.9 Å². The number of carbonyl (C=O) groups excluding carboxylic acids is 1. The molecule has 2 aromatic rings. The molecule has 0 bridgehead atoms. The molecule has 29 heavy (non-hydrogen) atoms. The first kappa shape index (κ1) is 19.9. The summed E-state index contributed by atoms with van der Waals surface area (Å²) >= 11 is 0. The van der Waals surface area contributed by atoms with Crippen LogP contribution in [0.5, 0.6) is 0 Å². The Kier molecular flexibility index (Phi) is 6.11. The average Bonchev–Trinajstić information content (AvgIpc) is 3.55. The molecule has 1 atom stereocenters. The molecule has 1 saturated carbocycles. The van der Waals surface area contributed by atoms with Gasteiger partial charge in [0.25, 0.3) is 0 Å². The molecule has 6 heteroatoms. The van der Waals surface area contributed by atoms with Crippen LogP contribution in [0.4, 0.5) is 10.1 Å². The molecule has 1 unspecified atom stereocenters. The van der Waals surface area contributed by atoms with Gasteiger partial charge in [-0.25, -0.2) is 4.39 Å². The summed E-state index contributed by atoms with van der Waals surface area (Å²) in [7, 11) is 1.95. The topological polar surface area (TPSA) is 44.8 Å². The summed E-state index contributed by atoms with van der Waals surface area (Å²) in [5, 5.41) is 3.11. The summed E-state index contributed by atoms with van der Waals surface area (Å²) in [5.74, 6) is -0.319. The summed E-state index contributed by atoms with van der Waals surface area (Å²) in [6, 6.07) is 14.4. The third-order valence-electron chi connectivity index (χ3n) is 5.56. The fourth-order valence-electron chi connectivity index (χ4n) is 3.88. The van der Waals surface area contributed by atoms with E-state index < -0.39 is 6.04 Å². The Hall–Kier alpha value is -2.44. The van der Waals surface area contributed by atoms with Crippen LogP contribution in [-0.2, 0) is 16.1 Å².